The number of benzene rings is 1. The summed E-state index contributed by atoms with van der Waals surface area (Å²) >= 11 is 0. The zero-order valence-corrected chi connectivity index (χ0v) is 12.5. The number of aromatic amines is 1. The molecule has 0 aliphatic heterocycles. The summed E-state index contributed by atoms with van der Waals surface area (Å²) in [5, 5.41) is 1.04. The van der Waals surface area contributed by atoms with E-state index in [1.807, 2.05) is 54.1 Å². The fraction of sp³-hybridized carbons (Fsp3) is 0.0556. The Labute approximate surface area is 132 Å². The van der Waals surface area contributed by atoms with Crippen molar-refractivity contribution < 1.29 is 0 Å². The number of H-pyrrole nitrogens is 1. The molecule has 5 heteroatoms. The second kappa shape index (κ2) is 5.21. The van der Waals surface area contributed by atoms with E-state index in [-0.39, 0.29) is 5.56 Å². The zero-order chi connectivity index (χ0) is 15.8. The molecule has 4 aromatic rings. The fourth-order valence-electron chi connectivity index (χ4n) is 2.77. The van der Waals surface area contributed by atoms with E-state index in [2.05, 4.69) is 15.0 Å². The van der Waals surface area contributed by atoms with E-state index in [4.69, 9.17) is 0 Å². The van der Waals surface area contributed by atoms with Crippen molar-refractivity contribution in [2.75, 3.05) is 0 Å². The molecule has 0 aliphatic carbocycles. The lowest BCUT2D eigenvalue weighted by Gasteiger charge is -2.09. The summed E-state index contributed by atoms with van der Waals surface area (Å²) in [5.41, 5.74) is 3.41. The van der Waals surface area contributed by atoms with E-state index in [9.17, 15) is 4.79 Å². The number of aryl methyl sites for hydroxylation is 1. The Morgan fingerprint density at radius 3 is 2.78 bits per heavy atom. The highest BCUT2D eigenvalue weighted by Crippen LogP contribution is 2.23. The van der Waals surface area contributed by atoms with Crippen LogP contribution in [0.2, 0.25) is 0 Å². The van der Waals surface area contributed by atoms with E-state index < -0.39 is 0 Å². The van der Waals surface area contributed by atoms with Gasteiger partial charge in [0.25, 0.3) is 0 Å². The third kappa shape index (κ3) is 2.32. The third-order valence-corrected chi connectivity index (χ3v) is 3.85. The minimum absolute atomic E-state index is 0.0947. The largest absolute Gasteiger partial charge is 0.322 e. The molecule has 23 heavy (non-hydrogen) atoms. The van der Waals surface area contributed by atoms with E-state index in [0.717, 1.165) is 33.7 Å². The van der Waals surface area contributed by atoms with Crippen LogP contribution in [0, 0.1) is 6.92 Å². The first-order valence-electron chi connectivity index (χ1n) is 7.31. The van der Waals surface area contributed by atoms with Gasteiger partial charge in [-0.25, -0.2) is 4.98 Å². The van der Waals surface area contributed by atoms with Crippen molar-refractivity contribution in [2.24, 2.45) is 0 Å². The zero-order valence-electron chi connectivity index (χ0n) is 12.5. The molecule has 0 amide bonds. The predicted octanol–water partition coefficient (Wildman–Crippen LogP) is 3.08. The summed E-state index contributed by atoms with van der Waals surface area (Å²) in [5.74, 6) is 0.764. The van der Waals surface area contributed by atoms with Crippen molar-refractivity contribution in [1.29, 1.82) is 0 Å². The van der Waals surface area contributed by atoms with Gasteiger partial charge in [-0.1, -0.05) is 12.1 Å². The van der Waals surface area contributed by atoms with Gasteiger partial charge in [0.05, 0.1) is 5.52 Å². The molecule has 3 aromatic heterocycles. The molecule has 3 heterocycles. The smallest absolute Gasteiger partial charge is 0.248 e. The van der Waals surface area contributed by atoms with E-state index >= 15 is 0 Å². The summed E-state index contributed by atoms with van der Waals surface area (Å²) in [6.07, 6.45) is 5.38. The molecule has 0 atom stereocenters. The van der Waals surface area contributed by atoms with Crippen molar-refractivity contribution in [1.82, 2.24) is 19.5 Å². The summed E-state index contributed by atoms with van der Waals surface area (Å²) in [6.45, 7) is 1.94. The standard InChI is InChI=1S/C18H14N4O/c1-12-10-17(23)21-16-11-13(5-6-14(12)16)22-9-8-20-18(22)15-4-2-3-7-19-15/h2-11H,1H3,(H,21,23). The molecule has 5 nitrogen and oxygen atoms in total. The summed E-state index contributed by atoms with van der Waals surface area (Å²) in [7, 11) is 0. The third-order valence-electron chi connectivity index (χ3n) is 3.85. The maximum absolute atomic E-state index is 11.7. The molecule has 4 rings (SSSR count). The van der Waals surface area contributed by atoms with Gasteiger partial charge in [0.15, 0.2) is 5.82 Å². The van der Waals surface area contributed by atoms with Crippen molar-refractivity contribution in [3.63, 3.8) is 0 Å². The number of hydrogen-bond donors (Lipinski definition) is 1. The molecule has 0 unspecified atom stereocenters. The minimum Gasteiger partial charge on any atom is -0.322 e. The first-order valence-corrected chi connectivity index (χ1v) is 7.31. The molecular weight excluding hydrogens is 288 g/mol. The molecule has 0 aliphatic rings. The highest BCUT2D eigenvalue weighted by Gasteiger charge is 2.09. The number of fused-ring (bicyclic) bond motifs is 1. The molecule has 0 fully saturated rings. The Bertz CT molecular complexity index is 1050. The van der Waals surface area contributed by atoms with Crippen molar-refractivity contribution in [3.05, 3.63) is 77.0 Å². The number of rotatable bonds is 2. The van der Waals surface area contributed by atoms with Gasteiger partial charge in [0.2, 0.25) is 5.56 Å². The van der Waals surface area contributed by atoms with Gasteiger partial charge in [0, 0.05) is 35.7 Å². The Morgan fingerprint density at radius 1 is 1.04 bits per heavy atom. The van der Waals surface area contributed by atoms with Crippen molar-refractivity contribution in [3.8, 4) is 17.2 Å². The Hall–Kier alpha value is -3.21. The minimum atomic E-state index is -0.0947. The van der Waals surface area contributed by atoms with Crippen molar-refractivity contribution >= 4 is 10.9 Å². The van der Waals surface area contributed by atoms with Crippen LogP contribution in [0.5, 0.6) is 0 Å². The van der Waals surface area contributed by atoms with Crippen LogP contribution in [-0.4, -0.2) is 19.5 Å². The highest BCUT2D eigenvalue weighted by molar-refractivity contribution is 5.83. The fourth-order valence-corrected chi connectivity index (χ4v) is 2.77. The monoisotopic (exact) mass is 302 g/mol. The SMILES string of the molecule is Cc1cc(=O)[nH]c2cc(-n3ccnc3-c3ccccn3)ccc12. The number of nitrogens with zero attached hydrogens (tertiary/aromatic N) is 3. The molecule has 112 valence electrons. The number of nitrogens with one attached hydrogen (secondary N) is 1. The molecule has 0 spiro atoms. The normalized spacial score (nSPS) is 11.0. The van der Waals surface area contributed by atoms with Gasteiger partial charge in [-0.15, -0.1) is 0 Å². The number of pyridine rings is 2. The second-order valence-corrected chi connectivity index (χ2v) is 5.38. The predicted molar refractivity (Wildman–Crippen MR) is 89.7 cm³/mol. The summed E-state index contributed by atoms with van der Waals surface area (Å²) in [4.78, 5) is 23.4. The van der Waals surface area contributed by atoms with Crippen LogP contribution >= 0.6 is 0 Å². The Kier molecular flexibility index (Phi) is 3.05. The van der Waals surface area contributed by atoms with Crippen LogP contribution in [-0.2, 0) is 0 Å². The number of hydrogen-bond acceptors (Lipinski definition) is 3. The van der Waals surface area contributed by atoms with Crippen LogP contribution in [0.25, 0.3) is 28.1 Å². The van der Waals surface area contributed by atoms with Crippen LogP contribution in [0.1, 0.15) is 5.56 Å². The van der Waals surface area contributed by atoms with Crippen molar-refractivity contribution in [2.45, 2.75) is 6.92 Å². The first kappa shape index (κ1) is 13.5. The van der Waals surface area contributed by atoms with Gasteiger partial charge in [-0.3, -0.25) is 14.3 Å². The van der Waals surface area contributed by atoms with E-state index in [1.165, 1.54) is 0 Å². The maximum atomic E-state index is 11.7. The van der Waals surface area contributed by atoms with Gasteiger partial charge in [0.1, 0.15) is 5.69 Å². The van der Waals surface area contributed by atoms with Gasteiger partial charge in [-0.05, 0) is 36.8 Å². The lowest BCUT2D eigenvalue weighted by molar-refractivity contribution is 1.05. The molecule has 0 saturated carbocycles. The lowest BCUT2D eigenvalue weighted by Crippen LogP contribution is -2.05. The summed E-state index contributed by atoms with van der Waals surface area (Å²) in [6, 6.07) is 13.3. The highest BCUT2D eigenvalue weighted by atomic mass is 16.1. The van der Waals surface area contributed by atoms with Gasteiger partial charge in [-0.2, -0.15) is 0 Å². The number of imidazole rings is 1. The average Bonchev–Trinajstić information content (AvgIpc) is 3.04. The molecule has 0 radical (unpaired) electrons. The van der Waals surface area contributed by atoms with Crippen LogP contribution in [0.3, 0.4) is 0 Å². The maximum Gasteiger partial charge on any atom is 0.248 e. The molecule has 1 aromatic carbocycles. The van der Waals surface area contributed by atoms with Gasteiger partial charge >= 0.3 is 0 Å². The molecule has 0 saturated heterocycles. The van der Waals surface area contributed by atoms with E-state index in [1.54, 1.807) is 18.5 Å². The Balaban J connectivity index is 1.91. The first-order chi connectivity index (χ1) is 11.2. The molecule has 0 bridgehead atoms. The summed E-state index contributed by atoms with van der Waals surface area (Å²) < 4.78 is 1.96. The van der Waals surface area contributed by atoms with E-state index in [0.29, 0.717) is 0 Å². The van der Waals surface area contributed by atoms with Crippen LogP contribution in [0.15, 0.2) is 65.8 Å². The number of aromatic nitrogens is 4. The molecule has 1 N–H and O–H groups in total. The van der Waals surface area contributed by atoms with Gasteiger partial charge < -0.3 is 4.98 Å². The average molecular weight is 302 g/mol. The second-order valence-electron chi connectivity index (χ2n) is 5.38. The Morgan fingerprint density at radius 2 is 1.96 bits per heavy atom. The van der Waals surface area contributed by atoms with Crippen LogP contribution in [0.4, 0.5) is 0 Å². The quantitative estimate of drug-likeness (QED) is 0.619. The lowest BCUT2D eigenvalue weighted by atomic mass is 10.1. The topological polar surface area (TPSA) is 63.6 Å². The molecular formula is C18H14N4O. The van der Waals surface area contributed by atoms with Crippen LogP contribution < -0.4 is 5.56 Å².